The number of ether oxygens (including phenoxy) is 1. The molecule has 1 fully saturated rings. The summed E-state index contributed by atoms with van der Waals surface area (Å²) in [5.74, 6) is 0.759. The van der Waals surface area contributed by atoms with Gasteiger partial charge in [0, 0.05) is 31.7 Å². The highest BCUT2D eigenvalue weighted by atomic mass is 19.4. The highest BCUT2D eigenvalue weighted by Gasteiger charge is 2.40. The van der Waals surface area contributed by atoms with Crippen molar-refractivity contribution >= 4 is 23.4 Å². The first-order chi connectivity index (χ1) is 17.3. The molecule has 5 rings (SSSR count). The van der Waals surface area contributed by atoms with E-state index in [0.717, 1.165) is 30.8 Å². The van der Waals surface area contributed by atoms with Crippen molar-refractivity contribution in [2.24, 2.45) is 0 Å². The van der Waals surface area contributed by atoms with Crippen molar-refractivity contribution in [2.45, 2.75) is 25.1 Å². The van der Waals surface area contributed by atoms with Gasteiger partial charge in [-0.15, -0.1) is 0 Å². The number of fused-ring (bicyclic) bond motifs is 4. The van der Waals surface area contributed by atoms with Crippen LogP contribution in [0.5, 0.6) is 5.88 Å². The number of hydrogen-bond acceptors (Lipinski definition) is 7. The number of carbonyl (C=O) groups is 1. The number of nitrogens with one attached hydrogen (secondary N) is 1. The first kappa shape index (κ1) is 23.8. The van der Waals surface area contributed by atoms with Gasteiger partial charge in [-0.1, -0.05) is 12.1 Å². The number of aliphatic hydroxyl groups is 1. The first-order valence-corrected chi connectivity index (χ1v) is 11.4. The third-order valence-corrected chi connectivity index (χ3v) is 6.06. The fourth-order valence-electron chi connectivity index (χ4n) is 4.38. The third-order valence-electron chi connectivity index (χ3n) is 6.06. The number of alkyl halides is 3. The molecule has 36 heavy (non-hydrogen) atoms. The lowest BCUT2D eigenvalue weighted by molar-refractivity contribution is -0.137. The Hall–Kier alpha value is -3.93. The fraction of sp³-hybridized carbons (Fsp3) is 0.333. The molecule has 2 amide bonds. The highest BCUT2D eigenvalue weighted by molar-refractivity contribution is 6.04. The van der Waals surface area contributed by atoms with E-state index in [0.29, 0.717) is 30.0 Å². The SMILES string of the molecule is O=C(Nc1cncc(OCCCO)n1)N1c2nc(-c3cccc(C(F)(F)F)c3)ccc2N2CCC1C2. The number of hydrogen-bond donors (Lipinski definition) is 2. The Bertz CT molecular complexity index is 1270. The maximum absolute atomic E-state index is 13.4. The second kappa shape index (κ2) is 9.61. The van der Waals surface area contributed by atoms with Crippen LogP contribution < -0.4 is 19.9 Å². The standard InChI is InChI=1S/C24H23F3N6O3/c25-24(26,27)16-4-1-3-15(11-16)18-5-6-19-22(29-18)33(17-7-8-32(19)14-17)23(35)31-20-12-28-13-21(30-20)36-10-2-9-34/h1,3-6,11-13,17,34H,2,7-10,14H2,(H,30,31,35). The number of halogens is 3. The zero-order valence-corrected chi connectivity index (χ0v) is 19.1. The molecule has 0 spiro atoms. The third kappa shape index (κ3) is 4.76. The van der Waals surface area contributed by atoms with E-state index in [9.17, 15) is 18.0 Å². The summed E-state index contributed by atoms with van der Waals surface area (Å²) in [4.78, 5) is 29.9. The van der Waals surface area contributed by atoms with Crippen molar-refractivity contribution in [3.8, 4) is 17.1 Å². The molecule has 2 aliphatic rings. The van der Waals surface area contributed by atoms with Crippen molar-refractivity contribution in [2.75, 3.05) is 41.4 Å². The molecule has 4 heterocycles. The van der Waals surface area contributed by atoms with Crippen molar-refractivity contribution < 1.29 is 27.8 Å². The Morgan fingerprint density at radius 1 is 1.19 bits per heavy atom. The average molecular weight is 500 g/mol. The van der Waals surface area contributed by atoms with Crippen molar-refractivity contribution in [3.63, 3.8) is 0 Å². The molecule has 2 bridgehead atoms. The maximum Gasteiger partial charge on any atom is 0.416 e. The zero-order valence-electron chi connectivity index (χ0n) is 19.1. The monoisotopic (exact) mass is 500 g/mol. The van der Waals surface area contributed by atoms with Gasteiger partial charge in [0.25, 0.3) is 0 Å². The average Bonchev–Trinajstić information content (AvgIpc) is 3.28. The van der Waals surface area contributed by atoms with E-state index < -0.39 is 17.8 Å². The second-order valence-corrected chi connectivity index (χ2v) is 8.47. The lowest BCUT2D eigenvalue weighted by Gasteiger charge is -2.35. The molecule has 9 nitrogen and oxygen atoms in total. The molecular weight excluding hydrogens is 477 g/mol. The van der Waals surface area contributed by atoms with Crippen LogP contribution in [0.3, 0.4) is 0 Å². The minimum atomic E-state index is -4.47. The van der Waals surface area contributed by atoms with Gasteiger partial charge in [-0.2, -0.15) is 18.2 Å². The number of amides is 2. The number of carbonyl (C=O) groups excluding carboxylic acids is 1. The Balaban J connectivity index is 1.44. The van der Waals surface area contributed by atoms with E-state index in [1.165, 1.54) is 23.4 Å². The van der Waals surface area contributed by atoms with Crippen molar-refractivity contribution in [3.05, 3.63) is 54.4 Å². The Morgan fingerprint density at radius 3 is 2.86 bits per heavy atom. The summed E-state index contributed by atoms with van der Waals surface area (Å²) >= 11 is 0. The molecule has 12 heteroatoms. The van der Waals surface area contributed by atoms with Crippen LogP contribution in [0, 0.1) is 0 Å². The van der Waals surface area contributed by atoms with Crippen LogP contribution >= 0.6 is 0 Å². The Morgan fingerprint density at radius 2 is 2.06 bits per heavy atom. The van der Waals surface area contributed by atoms with Gasteiger partial charge < -0.3 is 14.7 Å². The van der Waals surface area contributed by atoms with E-state index in [1.54, 1.807) is 18.2 Å². The molecule has 1 aromatic carbocycles. The number of rotatable bonds is 6. The fourth-order valence-corrected chi connectivity index (χ4v) is 4.38. The van der Waals surface area contributed by atoms with Crippen LogP contribution in [0.2, 0.25) is 0 Å². The molecule has 0 saturated carbocycles. The lowest BCUT2D eigenvalue weighted by Crippen LogP contribution is -2.48. The molecule has 2 aromatic heterocycles. The maximum atomic E-state index is 13.4. The summed E-state index contributed by atoms with van der Waals surface area (Å²) in [6.07, 6.45) is -0.534. The predicted octanol–water partition coefficient (Wildman–Crippen LogP) is 3.95. The quantitative estimate of drug-likeness (QED) is 0.494. The summed E-state index contributed by atoms with van der Waals surface area (Å²) in [7, 11) is 0. The molecule has 0 radical (unpaired) electrons. The van der Waals surface area contributed by atoms with E-state index in [4.69, 9.17) is 9.84 Å². The number of benzene rings is 1. The number of aliphatic hydroxyl groups excluding tert-OH is 1. The minimum Gasteiger partial charge on any atom is -0.476 e. The minimum absolute atomic E-state index is 0.0217. The first-order valence-electron chi connectivity index (χ1n) is 11.4. The topological polar surface area (TPSA) is 104 Å². The molecule has 3 aromatic rings. The lowest BCUT2D eigenvalue weighted by atomic mass is 10.1. The van der Waals surface area contributed by atoms with Crippen molar-refractivity contribution in [1.82, 2.24) is 15.0 Å². The van der Waals surface area contributed by atoms with Gasteiger partial charge in [0.1, 0.15) is 0 Å². The number of anilines is 3. The molecule has 188 valence electrons. The van der Waals surface area contributed by atoms with Crippen LogP contribution in [-0.2, 0) is 6.18 Å². The smallest absolute Gasteiger partial charge is 0.416 e. The van der Waals surface area contributed by atoms with Crippen LogP contribution in [0.15, 0.2) is 48.8 Å². The van der Waals surface area contributed by atoms with Gasteiger partial charge in [-0.3, -0.25) is 15.2 Å². The van der Waals surface area contributed by atoms with Gasteiger partial charge in [0.15, 0.2) is 11.6 Å². The normalized spacial score (nSPS) is 16.6. The summed E-state index contributed by atoms with van der Waals surface area (Å²) < 4.78 is 45.1. The second-order valence-electron chi connectivity index (χ2n) is 8.47. The molecule has 1 saturated heterocycles. The number of urea groups is 1. The largest absolute Gasteiger partial charge is 0.476 e. The van der Waals surface area contributed by atoms with Crippen LogP contribution in [0.25, 0.3) is 11.3 Å². The van der Waals surface area contributed by atoms with Gasteiger partial charge in [-0.05, 0) is 30.7 Å². The van der Waals surface area contributed by atoms with E-state index in [-0.39, 0.29) is 31.0 Å². The number of nitrogens with zero attached hydrogens (tertiary/aromatic N) is 5. The summed E-state index contributed by atoms with van der Waals surface area (Å²) in [6.45, 7) is 1.59. The zero-order chi connectivity index (χ0) is 25.3. The molecule has 2 N–H and O–H groups in total. The van der Waals surface area contributed by atoms with E-state index in [2.05, 4.69) is 25.2 Å². The number of aromatic nitrogens is 3. The van der Waals surface area contributed by atoms with Gasteiger partial charge in [0.2, 0.25) is 5.88 Å². The van der Waals surface area contributed by atoms with Gasteiger partial charge in [0.05, 0.1) is 42.0 Å². The summed E-state index contributed by atoms with van der Waals surface area (Å²) in [5.41, 5.74) is 0.609. The molecule has 1 unspecified atom stereocenters. The van der Waals surface area contributed by atoms with E-state index >= 15 is 0 Å². The van der Waals surface area contributed by atoms with E-state index in [1.807, 2.05) is 0 Å². The number of pyridine rings is 1. The summed E-state index contributed by atoms with van der Waals surface area (Å²) in [6, 6.07) is 7.79. The predicted molar refractivity (Wildman–Crippen MR) is 126 cm³/mol. The molecule has 2 aliphatic heterocycles. The highest BCUT2D eigenvalue weighted by Crippen LogP contribution is 2.41. The van der Waals surface area contributed by atoms with Gasteiger partial charge >= 0.3 is 12.2 Å². The van der Waals surface area contributed by atoms with Crippen LogP contribution in [0.1, 0.15) is 18.4 Å². The molecular formula is C24H23F3N6O3. The van der Waals surface area contributed by atoms with Gasteiger partial charge in [-0.25, -0.2) is 9.78 Å². The molecule has 0 aliphatic carbocycles. The summed E-state index contributed by atoms with van der Waals surface area (Å²) in [5, 5.41) is 11.6. The van der Waals surface area contributed by atoms with Crippen LogP contribution in [0.4, 0.5) is 35.3 Å². The Kier molecular flexibility index (Phi) is 6.35. The van der Waals surface area contributed by atoms with Crippen LogP contribution in [-0.4, -0.2) is 58.4 Å². The van der Waals surface area contributed by atoms with Crippen molar-refractivity contribution in [1.29, 1.82) is 0 Å². The molecule has 1 atom stereocenters. The Labute approximate surface area is 204 Å².